The highest BCUT2D eigenvalue weighted by molar-refractivity contribution is 6.32. The number of anilines is 1. The molecule has 0 fully saturated rings. The molecule has 1 aromatic rings. The lowest BCUT2D eigenvalue weighted by molar-refractivity contribution is -0.118. The summed E-state index contributed by atoms with van der Waals surface area (Å²) in [4.78, 5) is 11.8. The van der Waals surface area contributed by atoms with Gasteiger partial charge in [-0.15, -0.1) is 0 Å². The van der Waals surface area contributed by atoms with Gasteiger partial charge in [-0.25, -0.2) is 0 Å². The molecule has 2 unspecified atom stereocenters. The Kier molecular flexibility index (Phi) is 3.36. The van der Waals surface area contributed by atoms with Crippen LogP contribution in [0.25, 0.3) is 0 Å². The van der Waals surface area contributed by atoms with Gasteiger partial charge in [0, 0.05) is 11.7 Å². The highest BCUT2D eigenvalue weighted by Crippen LogP contribution is 2.27. The molecule has 17 heavy (non-hydrogen) atoms. The summed E-state index contributed by atoms with van der Waals surface area (Å²) in [5, 5.41) is 12.2. The number of phenolic OH excluding ortho intramolecular Hbond substituents is 1. The molecule has 0 spiro atoms. The van der Waals surface area contributed by atoms with Crippen molar-refractivity contribution in [2.24, 2.45) is 11.7 Å². The number of rotatable bonds is 2. The van der Waals surface area contributed by atoms with Crippen molar-refractivity contribution in [2.75, 3.05) is 5.32 Å². The van der Waals surface area contributed by atoms with E-state index in [2.05, 4.69) is 5.32 Å². The van der Waals surface area contributed by atoms with E-state index in [4.69, 9.17) is 17.3 Å². The summed E-state index contributed by atoms with van der Waals surface area (Å²) in [5.74, 6) is -0.319. The fourth-order valence-corrected chi connectivity index (χ4v) is 1.92. The smallest absolute Gasteiger partial charge is 0.231 e. The maximum atomic E-state index is 11.8. The second kappa shape index (κ2) is 4.77. The average Bonchev–Trinajstić information content (AvgIpc) is 2.70. The van der Waals surface area contributed by atoms with E-state index in [1.807, 2.05) is 12.2 Å². The molecule has 0 aromatic heterocycles. The molecule has 90 valence electrons. The van der Waals surface area contributed by atoms with Crippen molar-refractivity contribution in [2.45, 2.75) is 12.5 Å². The van der Waals surface area contributed by atoms with Gasteiger partial charge in [-0.1, -0.05) is 23.8 Å². The zero-order valence-electron chi connectivity index (χ0n) is 9.06. The largest absolute Gasteiger partial charge is 0.506 e. The summed E-state index contributed by atoms with van der Waals surface area (Å²) in [5.41, 5.74) is 6.24. The Bertz CT molecular complexity index is 474. The quantitative estimate of drug-likeness (QED) is 0.556. The molecule has 1 aromatic carbocycles. The number of carbonyl (C=O) groups excluding carboxylic acids is 1. The molecular formula is C12H13ClN2O2. The van der Waals surface area contributed by atoms with Gasteiger partial charge in [-0.05, 0) is 24.6 Å². The van der Waals surface area contributed by atoms with E-state index in [1.165, 1.54) is 12.1 Å². The third-order valence-electron chi connectivity index (χ3n) is 2.67. The molecule has 0 aliphatic heterocycles. The van der Waals surface area contributed by atoms with Gasteiger partial charge in [0.25, 0.3) is 0 Å². The van der Waals surface area contributed by atoms with E-state index in [9.17, 15) is 9.90 Å². The maximum Gasteiger partial charge on any atom is 0.231 e. The molecule has 2 rings (SSSR count). The van der Waals surface area contributed by atoms with E-state index in [-0.39, 0.29) is 28.6 Å². The SMILES string of the molecule is NC1C=CC(C(=O)Nc2ccc(O)c(Cl)c2)C1. The minimum absolute atomic E-state index is 0.00699. The number of nitrogens with one attached hydrogen (secondary N) is 1. The minimum Gasteiger partial charge on any atom is -0.506 e. The summed E-state index contributed by atoms with van der Waals surface area (Å²) in [6, 6.07) is 4.49. The lowest BCUT2D eigenvalue weighted by Crippen LogP contribution is -2.23. The van der Waals surface area contributed by atoms with Crippen LogP contribution in [0, 0.1) is 5.92 Å². The molecule has 1 aliphatic carbocycles. The van der Waals surface area contributed by atoms with Crippen LogP contribution in [0.3, 0.4) is 0 Å². The topological polar surface area (TPSA) is 75.4 Å². The highest BCUT2D eigenvalue weighted by Gasteiger charge is 2.22. The monoisotopic (exact) mass is 252 g/mol. The molecule has 4 N–H and O–H groups in total. The molecular weight excluding hydrogens is 240 g/mol. The first kappa shape index (κ1) is 12.0. The van der Waals surface area contributed by atoms with E-state index < -0.39 is 0 Å². The summed E-state index contributed by atoms with van der Waals surface area (Å²) in [6.45, 7) is 0. The Balaban J connectivity index is 2.03. The normalized spacial score (nSPS) is 22.7. The summed E-state index contributed by atoms with van der Waals surface area (Å²) in [6.07, 6.45) is 4.26. The van der Waals surface area contributed by atoms with Crippen LogP contribution in [0.4, 0.5) is 5.69 Å². The number of aromatic hydroxyl groups is 1. The second-order valence-corrected chi connectivity index (χ2v) is 4.45. The van der Waals surface area contributed by atoms with Crippen molar-refractivity contribution in [3.63, 3.8) is 0 Å². The predicted molar refractivity (Wildman–Crippen MR) is 67.0 cm³/mol. The number of halogens is 1. The predicted octanol–water partition coefficient (Wildman–Crippen LogP) is 1.89. The Hall–Kier alpha value is -1.52. The molecule has 0 bridgehead atoms. The number of nitrogens with two attached hydrogens (primary N) is 1. The van der Waals surface area contributed by atoms with Gasteiger partial charge in [-0.3, -0.25) is 4.79 Å². The number of benzene rings is 1. The van der Waals surface area contributed by atoms with Crippen molar-refractivity contribution in [3.05, 3.63) is 35.4 Å². The van der Waals surface area contributed by atoms with Gasteiger partial charge in [0.1, 0.15) is 5.75 Å². The minimum atomic E-state index is -0.197. The molecule has 5 heteroatoms. The van der Waals surface area contributed by atoms with Gasteiger partial charge in [0.15, 0.2) is 0 Å². The summed E-state index contributed by atoms with van der Waals surface area (Å²) in [7, 11) is 0. The Morgan fingerprint density at radius 3 is 2.82 bits per heavy atom. The highest BCUT2D eigenvalue weighted by atomic mass is 35.5. The van der Waals surface area contributed by atoms with Crippen molar-refractivity contribution >= 4 is 23.2 Å². The van der Waals surface area contributed by atoms with Crippen LogP contribution < -0.4 is 11.1 Å². The van der Waals surface area contributed by atoms with E-state index >= 15 is 0 Å². The second-order valence-electron chi connectivity index (χ2n) is 4.05. The van der Waals surface area contributed by atoms with Crippen LogP contribution in [-0.2, 0) is 4.79 Å². The van der Waals surface area contributed by atoms with E-state index in [0.717, 1.165) is 0 Å². The van der Waals surface area contributed by atoms with E-state index in [0.29, 0.717) is 12.1 Å². The van der Waals surface area contributed by atoms with Crippen molar-refractivity contribution in [1.29, 1.82) is 0 Å². The molecule has 0 radical (unpaired) electrons. The van der Waals surface area contributed by atoms with Crippen LogP contribution >= 0.6 is 11.6 Å². The zero-order chi connectivity index (χ0) is 12.4. The van der Waals surface area contributed by atoms with Crippen molar-refractivity contribution < 1.29 is 9.90 Å². The van der Waals surface area contributed by atoms with E-state index in [1.54, 1.807) is 6.07 Å². The lowest BCUT2D eigenvalue weighted by atomic mass is 10.1. The van der Waals surface area contributed by atoms with Crippen LogP contribution in [0.15, 0.2) is 30.4 Å². The Labute approximate surface area is 104 Å². The number of hydrogen-bond donors (Lipinski definition) is 3. The molecule has 0 saturated carbocycles. The van der Waals surface area contributed by atoms with Gasteiger partial charge < -0.3 is 16.2 Å². The van der Waals surface area contributed by atoms with Crippen LogP contribution in [-0.4, -0.2) is 17.1 Å². The standard InChI is InChI=1S/C12H13ClN2O2/c13-10-6-9(3-4-11(10)16)15-12(17)7-1-2-8(14)5-7/h1-4,6-8,16H,5,14H2,(H,15,17). The molecule has 1 amide bonds. The van der Waals surface area contributed by atoms with Crippen molar-refractivity contribution in [1.82, 2.24) is 0 Å². The average molecular weight is 253 g/mol. The number of hydrogen-bond acceptors (Lipinski definition) is 3. The fourth-order valence-electron chi connectivity index (χ4n) is 1.74. The van der Waals surface area contributed by atoms with Gasteiger partial charge >= 0.3 is 0 Å². The maximum absolute atomic E-state index is 11.8. The molecule has 0 heterocycles. The van der Waals surface area contributed by atoms with Crippen LogP contribution in [0.1, 0.15) is 6.42 Å². The summed E-state index contributed by atoms with van der Waals surface area (Å²) < 4.78 is 0. The van der Waals surface area contributed by atoms with Gasteiger partial charge in [0.2, 0.25) is 5.91 Å². The third kappa shape index (κ3) is 2.78. The first-order chi connectivity index (χ1) is 8.06. The van der Waals surface area contributed by atoms with Crippen LogP contribution in [0.2, 0.25) is 5.02 Å². The first-order valence-corrected chi connectivity index (χ1v) is 5.67. The number of phenols is 1. The molecule has 4 nitrogen and oxygen atoms in total. The zero-order valence-corrected chi connectivity index (χ0v) is 9.82. The number of amides is 1. The third-order valence-corrected chi connectivity index (χ3v) is 2.97. The van der Waals surface area contributed by atoms with Gasteiger partial charge in [0.05, 0.1) is 10.9 Å². The fraction of sp³-hybridized carbons (Fsp3) is 0.250. The summed E-state index contributed by atoms with van der Waals surface area (Å²) >= 11 is 5.74. The molecule has 2 atom stereocenters. The van der Waals surface area contributed by atoms with Crippen molar-refractivity contribution in [3.8, 4) is 5.75 Å². The molecule has 0 saturated heterocycles. The molecule has 1 aliphatic rings. The Morgan fingerprint density at radius 2 is 2.24 bits per heavy atom. The lowest BCUT2D eigenvalue weighted by Gasteiger charge is -2.11. The number of carbonyl (C=O) groups is 1. The van der Waals surface area contributed by atoms with Gasteiger partial charge in [-0.2, -0.15) is 0 Å². The first-order valence-electron chi connectivity index (χ1n) is 5.29. The van der Waals surface area contributed by atoms with Crippen LogP contribution in [0.5, 0.6) is 5.75 Å². The Morgan fingerprint density at radius 1 is 1.47 bits per heavy atom.